The van der Waals surface area contributed by atoms with E-state index in [-0.39, 0.29) is 5.78 Å². The maximum Gasteiger partial charge on any atom is 0.203 e. The minimum atomic E-state index is -0.0574. The Morgan fingerprint density at radius 2 is 2.06 bits per heavy atom. The number of rotatable bonds is 2. The standard InChI is InChI=1S/C12H9BrClNOS/c1-6-2-10(17-12(6)13)11(16)7-3-8(14)5-9(15)4-7/h2-5H,15H2,1H3. The van der Waals surface area contributed by atoms with Gasteiger partial charge in [-0.3, -0.25) is 4.79 Å². The summed E-state index contributed by atoms with van der Waals surface area (Å²) in [6.45, 7) is 1.95. The molecule has 0 spiro atoms. The molecule has 2 aromatic rings. The van der Waals surface area contributed by atoms with Gasteiger partial charge in [-0.15, -0.1) is 11.3 Å². The van der Waals surface area contributed by atoms with E-state index in [0.29, 0.717) is 21.2 Å². The van der Waals surface area contributed by atoms with Crippen molar-refractivity contribution in [1.82, 2.24) is 0 Å². The number of carbonyl (C=O) groups excluding carboxylic acids is 1. The Bertz CT molecular complexity index is 554. The zero-order valence-corrected chi connectivity index (χ0v) is 12.1. The van der Waals surface area contributed by atoms with E-state index in [0.717, 1.165) is 9.35 Å². The minimum absolute atomic E-state index is 0.0574. The molecule has 0 aliphatic carbocycles. The third kappa shape index (κ3) is 2.70. The summed E-state index contributed by atoms with van der Waals surface area (Å²) in [5, 5.41) is 0.473. The number of nitrogens with two attached hydrogens (primary N) is 1. The fraction of sp³-hybridized carbons (Fsp3) is 0.0833. The molecule has 0 fully saturated rings. The van der Waals surface area contributed by atoms with Crippen molar-refractivity contribution in [3.05, 3.63) is 49.1 Å². The Morgan fingerprint density at radius 3 is 2.59 bits per heavy atom. The van der Waals surface area contributed by atoms with Crippen molar-refractivity contribution in [2.75, 3.05) is 5.73 Å². The maximum atomic E-state index is 12.2. The van der Waals surface area contributed by atoms with Crippen LogP contribution in [-0.2, 0) is 0 Å². The van der Waals surface area contributed by atoms with Crippen LogP contribution in [0.1, 0.15) is 20.8 Å². The monoisotopic (exact) mass is 329 g/mol. The number of hydrogen-bond acceptors (Lipinski definition) is 3. The molecule has 0 unspecified atom stereocenters. The molecular formula is C12H9BrClNOS. The molecule has 0 aliphatic rings. The Hall–Kier alpha value is -0.840. The zero-order chi connectivity index (χ0) is 12.6. The van der Waals surface area contributed by atoms with E-state index in [1.165, 1.54) is 11.3 Å². The van der Waals surface area contributed by atoms with E-state index in [1.54, 1.807) is 18.2 Å². The van der Waals surface area contributed by atoms with Crippen LogP contribution in [0, 0.1) is 6.92 Å². The van der Waals surface area contributed by atoms with Gasteiger partial charge in [0.25, 0.3) is 0 Å². The molecule has 0 bridgehead atoms. The third-order valence-electron chi connectivity index (χ3n) is 2.26. The second-order valence-corrected chi connectivity index (χ2v) is 6.48. The van der Waals surface area contributed by atoms with Gasteiger partial charge in [0.05, 0.1) is 8.66 Å². The number of aryl methyl sites for hydroxylation is 1. The van der Waals surface area contributed by atoms with Crippen molar-refractivity contribution < 1.29 is 4.79 Å². The van der Waals surface area contributed by atoms with Crippen molar-refractivity contribution in [1.29, 1.82) is 0 Å². The van der Waals surface area contributed by atoms with Gasteiger partial charge in [-0.1, -0.05) is 11.6 Å². The molecule has 0 saturated carbocycles. The van der Waals surface area contributed by atoms with E-state index in [4.69, 9.17) is 17.3 Å². The van der Waals surface area contributed by atoms with E-state index >= 15 is 0 Å². The fourth-order valence-electron chi connectivity index (χ4n) is 1.46. The Balaban J connectivity index is 2.43. The van der Waals surface area contributed by atoms with Crippen LogP contribution < -0.4 is 5.73 Å². The highest BCUT2D eigenvalue weighted by Gasteiger charge is 2.14. The summed E-state index contributed by atoms with van der Waals surface area (Å²) in [4.78, 5) is 12.9. The van der Waals surface area contributed by atoms with Gasteiger partial charge in [-0.05, 0) is 52.7 Å². The molecule has 17 heavy (non-hydrogen) atoms. The largest absolute Gasteiger partial charge is 0.399 e. The van der Waals surface area contributed by atoms with Crippen LogP contribution >= 0.6 is 38.9 Å². The number of nitrogen functional groups attached to an aromatic ring is 1. The van der Waals surface area contributed by atoms with Gasteiger partial charge in [0.15, 0.2) is 0 Å². The summed E-state index contributed by atoms with van der Waals surface area (Å²) in [6, 6.07) is 6.74. The van der Waals surface area contributed by atoms with Crippen molar-refractivity contribution in [2.45, 2.75) is 6.92 Å². The first kappa shape index (κ1) is 12.6. The molecular weight excluding hydrogens is 322 g/mol. The van der Waals surface area contributed by atoms with Gasteiger partial charge < -0.3 is 5.73 Å². The van der Waals surface area contributed by atoms with Crippen LogP contribution in [-0.4, -0.2) is 5.78 Å². The normalized spacial score (nSPS) is 10.5. The first-order chi connectivity index (χ1) is 7.97. The lowest BCUT2D eigenvalue weighted by Crippen LogP contribution is -1.99. The Labute approximate surface area is 117 Å². The third-order valence-corrected chi connectivity index (χ3v) is 4.62. The molecule has 5 heteroatoms. The SMILES string of the molecule is Cc1cc(C(=O)c2cc(N)cc(Cl)c2)sc1Br. The van der Waals surface area contributed by atoms with Gasteiger partial charge in [-0.2, -0.15) is 0 Å². The lowest BCUT2D eigenvalue weighted by molar-refractivity contribution is 0.104. The van der Waals surface area contributed by atoms with Gasteiger partial charge in [0, 0.05) is 16.3 Å². The second-order valence-electron chi connectivity index (χ2n) is 3.67. The lowest BCUT2D eigenvalue weighted by atomic mass is 10.1. The first-order valence-corrected chi connectivity index (χ1v) is 6.83. The summed E-state index contributed by atoms with van der Waals surface area (Å²) in [5.74, 6) is -0.0574. The highest BCUT2D eigenvalue weighted by molar-refractivity contribution is 9.11. The van der Waals surface area contributed by atoms with Crippen molar-refractivity contribution in [3.63, 3.8) is 0 Å². The highest BCUT2D eigenvalue weighted by Crippen LogP contribution is 2.29. The van der Waals surface area contributed by atoms with Crippen molar-refractivity contribution in [3.8, 4) is 0 Å². The summed E-state index contributed by atoms with van der Waals surface area (Å²) in [6.07, 6.45) is 0. The van der Waals surface area contributed by atoms with E-state index in [2.05, 4.69) is 15.9 Å². The van der Waals surface area contributed by atoms with Gasteiger partial charge in [0.1, 0.15) is 0 Å². The molecule has 2 nitrogen and oxygen atoms in total. The molecule has 1 heterocycles. The molecule has 1 aromatic carbocycles. The van der Waals surface area contributed by atoms with Gasteiger partial charge in [0.2, 0.25) is 5.78 Å². The Kier molecular flexibility index (Phi) is 3.56. The summed E-state index contributed by atoms with van der Waals surface area (Å²) in [5.41, 5.74) is 7.73. The predicted molar refractivity (Wildman–Crippen MR) is 76.1 cm³/mol. The zero-order valence-electron chi connectivity index (χ0n) is 8.96. The smallest absolute Gasteiger partial charge is 0.203 e. The summed E-state index contributed by atoms with van der Waals surface area (Å²) < 4.78 is 0.968. The Morgan fingerprint density at radius 1 is 1.35 bits per heavy atom. The predicted octanol–water partition coefficient (Wildman–Crippen LogP) is 4.29. The number of halogens is 2. The topological polar surface area (TPSA) is 43.1 Å². The molecule has 0 saturated heterocycles. The molecule has 0 aliphatic heterocycles. The summed E-state index contributed by atoms with van der Waals surface area (Å²) >= 11 is 10.7. The van der Waals surface area contributed by atoms with Crippen LogP contribution in [0.15, 0.2) is 28.1 Å². The molecule has 0 atom stereocenters. The molecule has 0 radical (unpaired) electrons. The molecule has 0 amide bonds. The quantitative estimate of drug-likeness (QED) is 0.659. The van der Waals surface area contributed by atoms with Crippen LogP contribution in [0.2, 0.25) is 5.02 Å². The number of anilines is 1. The van der Waals surface area contributed by atoms with E-state index in [9.17, 15) is 4.79 Å². The van der Waals surface area contributed by atoms with E-state index < -0.39 is 0 Å². The van der Waals surface area contributed by atoms with Crippen LogP contribution in [0.4, 0.5) is 5.69 Å². The van der Waals surface area contributed by atoms with Crippen LogP contribution in [0.5, 0.6) is 0 Å². The van der Waals surface area contributed by atoms with Crippen molar-refractivity contribution >= 4 is 50.3 Å². The molecule has 2 N–H and O–H groups in total. The lowest BCUT2D eigenvalue weighted by Gasteiger charge is -2.01. The fourth-order valence-corrected chi connectivity index (χ4v) is 3.20. The van der Waals surface area contributed by atoms with E-state index in [1.807, 2.05) is 13.0 Å². The average Bonchev–Trinajstić information content (AvgIpc) is 2.57. The molecule has 1 aromatic heterocycles. The number of benzene rings is 1. The minimum Gasteiger partial charge on any atom is -0.399 e. The first-order valence-electron chi connectivity index (χ1n) is 4.84. The number of ketones is 1. The maximum absolute atomic E-state index is 12.2. The van der Waals surface area contributed by atoms with Crippen molar-refractivity contribution in [2.24, 2.45) is 0 Å². The number of hydrogen-bond donors (Lipinski definition) is 1. The van der Waals surface area contributed by atoms with Crippen LogP contribution in [0.25, 0.3) is 0 Å². The summed E-state index contributed by atoms with van der Waals surface area (Å²) in [7, 11) is 0. The molecule has 88 valence electrons. The van der Waals surface area contributed by atoms with Crippen LogP contribution in [0.3, 0.4) is 0 Å². The van der Waals surface area contributed by atoms with Gasteiger partial charge in [-0.25, -0.2) is 0 Å². The second kappa shape index (κ2) is 4.80. The highest BCUT2D eigenvalue weighted by atomic mass is 79.9. The molecule has 2 rings (SSSR count). The number of carbonyl (C=O) groups is 1. The van der Waals surface area contributed by atoms with Gasteiger partial charge >= 0.3 is 0 Å². The number of thiophene rings is 1. The average molecular weight is 331 g/mol.